The maximum Gasteiger partial charge on any atom is 0.191 e. The quantitative estimate of drug-likeness (QED) is 0.405. The predicted octanol–water partition coefficient (Wildman–Crippen LogP) is 1.99. The van der Waals surface area contributed by atoms with Crippen LogP contribution in [0.2, 0.25) is 0 Å². The summed E-state index contributed by atoms with van der Waals surface area (Å²) in [6.07, 6.45) is 4.60. The topological polar surface area (TPSA) is 80.0 Å². The van der Waals surface area contributed by atoms with E-state index in [1.165, 1.54) is 5.01 Å². The number of aromatic nitrogens is 4. The third kappa shape index (κ3) is 4.88. The Bertz CT molecular complexity index is 666. The van der Waals surface area contributed by atoms with E-state index in [9.17, 15) is 0 Å². The van der Waals surface area contributed by atoms with Gasteiger partial charge in [-0.1, -0.05) is 6.92 Å². The lowest BCUT2D eigenvalue weighted by Gasteiger charge is -2.25. The molecule has 1 atom stereocenters. The van der Waals surface area contributed by atoms with Crippen LogP contribution in [0, 0.1) is 0 Å². The van der Waals surface area contributed by atoms with Crippen LogP contribution in [0.1, 0.15) is 36.8 Å². The van der Waals surface area contributed by atoms with Gasteiger partial charge in [0, 0.05) is 24.4 Å². The van der Waals surface area contributed by atoms with Crippen LogP contribution in [-0.2, 0) is 25.9 Å². The molecule has 0 saturated heterocycles. The van der Waals surface area contributed by atoms with E-state index < -0.39 is 0 Å². The summed E-state index contributed by atoms with van der Waals surface area (Å²) in [5, 5.41) is 14.3. The molecule has 1 unspecified atom stereocenters. The largest absolute Gasteiger partial charge is 0.357 e. The normalized spacial score (nSPS) is 17.1. The summed E-state index contributed by atoms with van der Waals surface area (Å²) in [7, 11) is 0. The summed E-state index contributed by atoms with van der Waals surface area (Å²) >= 11 is 1.70. The van der Waals surface area contributed by atoms with Gasteiger partial charge < -0.3 is 10.6 Å². The average molecular weight is 461 g/mol. The summed E-state index contributed by atoms with van der Waals surface area (Å²) < 4.78 is 1.97. The van der Waals surface area contributed by atoms with Crippen LogP contribution in [0.25, 0.3) is 0 Å². The van der Waals surface area contributed by atoms with E-state index in [1.807, 2.05) is 4.68 Å². The highest BCUT2D eigenvalue weighted by atomic mass is 127. The van der Waals surface area contributed by atoms with Gasteiger partial charge in [-0.15, -0.1) is 35.3 Å². The van der Waals surface area contributed by atoms with E-state index in [0.717, 1.165) is 49.8 Å². The van der Waals surface area contributed by atoms with Crippen molar-refractivity contribution >= 4 is 41.3 Å². The van der Waals surface area contributed by atoms with E-state index in [-0.39, 0.29) is 24.0 Å². The van der Waals surface area contributed by atoms with Crippen LogP contribution in [0.3, 0.4) is 0 Å². The summed E-state index contributed by atoms with van der Waals surface area (Å²) in [5.41, 5.74) is 1.03. The molecule has 0 saturated carbocycles. The molecule has 0 aliphatic carbocycles. The van der Waals surface area contributed by atoms with Gasteiger partial charge in [-0.2, -0.15) is 5.10 Å². The summed E-state index contributed by atoms with van der Waals surface area (Å²) in [6, 6.07) is 0.323. The summed E-state index contributed by atoms with van der Waals surface area (Å²) in [6.45, 7) is 6.47. The molecule has 0 radical (unpaired) electrons. The molecule has 3 heterocycles. The van der Waals surface area contributed by atoms with Crippen molar-refractivity contribution in [2.24, 2.45) is 4.99 Å². The molecule has 1 aliphatic heterocycles. The maximum atomic E-state index is 4.66. The molecular weight excluding hydrogens is 437 g/mol. The predicted molar refractivity (Wildman–Crippen MR) is 107 cm³/mol. The number of fused-ring (bicyclic) bond motifs is 1. The maximum absolute atomic E-state index is 4.66. The molecule has 2 aromatic rings. The van der Waals surface area contributed by atoms with Crippen LogP contribution >= 0.6 is 35.3 Å². The second kappa shape index (κ2) is 9.30. The Hall–Kier alpha value is -1.23. The molecule has 0 aromatic carbocycles. The molecule has 2 aromatic heterocycles. The van der Waals surface area contributed by atoms with Gasteiger partial charge in [0.25, 0.3) is 0 Å². The molecule has 2 N–H and O–H groups in total. The van der Waals surface area contributed by atoms with Crippen LogP contribution < -0.4 is 10.6 Å². The number of rotatable bonds is 5. The second-order valence-corrected chi connectivity index (χ2v) is 6.46. The zero-order valence-electron chi connectivity index (χ0n) is 14.0. The first kappa shape index (κ1) is 19.1. The molecule has 132 valence electrons. The third-order valence-electron chi connectivity index (χ3n) is 3.79. The van der Waals surface area contributed by atoms with Crippen molar-refractivity contribution in [1.29, 1.82) is 0 Å². The monoisotopic (exact) mass is 461 g/mol. The van der Waals surface area contributed by atoms with Gasteiger partial charge in [0.15, 0.2) is 5.96 Å². The van der Waals surface area contributed by atoms with Crippen molar-refractivity contribution < 1.29 is 0 Å². The Morgan fingerprint density at radius 3 is 3.08 bits per heavy atom. The van der Waals surface area contributed by atoms with E-state index in [4.69, 9.17) is 0 Å². The first-order chi connectivity index (χ1) is 11.3. The van der Waals surface area contributed by atoms with Crippen molar-refractivity contribution in [2.45, 2.75) is 52.2 Å². The third-order valence-corrected chi connectivity index (χ3v) is 4.83. The fourth-order valence-corrected chi connectivity index (χ4v) is 3.35. The molecule has 1 aliphatic rings. The van der Waals surface area contributed by atoms with Crippen molar-refractivity contribution in [1.82, 2.24) is 30.4 Å². The number of hydrogen-bond donors (Lipinski definition) is 2. The Morgan fingerprint density at radius 1 is 1.46 bits per heavy atom. The highest BCUT2D eigenvalue weighted by Gasteiger charge is 2.20. The minimum atomic E-state index is 0. The van der Waals surface area contributed by atoms with Gasteiger partial charge in [-0.25, -0.2) is 19.6 Å². The fraction of sp³-hybridized carbons (Fsp3) is 0.600. The number of hydrogen-bond acceptors (Lipinski definition) is 5. The van der Waals surface area contributed by atoms with Crippen LogP contribution in [0.15, 0.2) is 16.7 Å². The molecule has 9 heteroatoms. The van der Waals surface area contributed by atoms with Gasteiger partial charge in [0.05, 0.1) is 23.8 Å². The highest BCUT2D eigenvalue weighted by Crippen LogP contribution is 2.12. The minimum Gasteiger partial charge on any atom is -0.357 e. The number of nitrogens with one attached hydrogen (secondary N) is 2. The number of aliphatic imine (C=N–C) groups is 1. The highest BCUT2D eigenvalue weighted by molar-refractivity contribution is 14.0. The van der Waals surface area contributed by atoms with Gasteiger partial charge in [-0.05, 0) is 19.8 Å². The van der Waals surface area contributed by atoms with Crippen molar-refractivity contribution in [3.8, 4) is 0 Å². The van der Waals surface area contributed by atoms with Crippen LogP contribution in [0.5, 0.6) is 0 Å². The van der Waals surface area contributed by atoms with Gasteiger partial charge >= 0.3 is 0 Å². The lowest BCUT2D eigenvalue weighted by atomic mass is 10.1. The SMILES string of the molecule is CCNC(=NCc1csc(CC)n1)NC1CCc2ncnn2C1.I. The lowest BCUT2D eigenvalue weighted by molar-refractivity contribution is 0.392. The first-order valence-electron chi connectivity index (χ1n) is 8.13. The van der Waals surface area contributed by atoms with Crippen molar-refractivity contribution in [3.63, 3.8) is 0 Å². The minimum absolute atomic E-state index is 0. The molecule has 24 heavy (non-hydrogen) atoms. The average Bonchev–Trinajstić information content (AvgIpc) is 3.21. The zero-order valence-corrected chi connectivity index (χ0v) is 17.2. The Kier molecular flexibility index (Phi) is 7.40. The first-order valence-corrected chi connectivity index (χ1v) is 9.01. The number of guanidine groups is 1. The number of aryl methyl sites for hydroxylation is 2. The second-order valence-electron chi connectivity index (χ2n) is 5.52. The van der Waals surface area contributed by atoms with Crippen molar-refractivity contribution in [2.75, 3.05) is 6.54 Å². The number of halogens is 1. The summed E-state index contributed by atoms with van der Waals surface area (Å²) in [4.78, 5) is 13.5. The van der Waals surface area contributed by atoms with Crippen LogP contribution in [0.4, 0.5) is 0 Å². The molecule has 0 amide bonds. The Labute approximate surface area is 163 Å². The molecule has 0 bridgehead atoms. The fourth-order valence-electron chi connectivity index (χ4n) is 2.61. The Balaban J connectivity index is 0.00000208. The van der Waals surface area contributed by atoms with Gasteiger partial charge in [0.1, 0.15) is 12.2 Å². The van der Waals surface area contributed by atoms with Crippen molar-refractivity contribution in [3.05, 3.63) is 28.2 Å². The van der Waals surface area contributed by atoms with Crippen LogP contribution in [-0.4, -0.2) is 38.3 Å². The van der Waals surface area contributed by atoms with Gasteiger partial charge in [-0.3, -0.25) is 0 Å². The smallest absolute Gasteiger partial charge is 0.191 e. The van der Waals surface area contributed by atoms with Gasteiger partial charge in [0.2, 0.25) is 0 Å². The molecule has 0 fully saturated rings. The van der Waals surface area contributed by atoms with E-state index in [2.05, 4.69) is 49.9 Å². The Morgan fingerprint density at radius 2 is 2.33 bits per heavy atom. The standard InChI is InChI=1S/C15H23N7S.HI/c1-3-14-20-12(9-23-14)7-17-15(16-4-2)21-11-5-6-13-18-10-19-22(13)8-11;/h9-11H,3-8H2,1-2H3,(H2,16,17,21);1H. The van der Waals surface area contributed by atoms with E-state index >= 15 is 0 Å². The molecule has 3 rings (SSSR count). The van der Waals surface area contributed by atoms with E-state index in [1.54, 1.807) is 17.7 Å². The summed E-state index contributed by atoms with van der Waals surface area (Å²) in [5.74, 6) is 1.91. The molecular formula is C15H24IN7S. The van der Waals surface area contributed by atoms with E-state index in [0.29, 0.717) is 12.6 Å². The lowest BCUT2D eigenvalue weighted by Crippen LogP contribution is -2.47. The zero-order chi connectivity index (χ0) is 16.1. The molecule has 0 spiro atoms. The number of thiazole rings is 1. The molecule has 7 nitrogen and oxygen atoms in total. The number of nitrogens with zero attached hydrogens (tertiary/aromatic N) is 5.